The first-order valence-electron chi connectivity index (χ1n) is 3.83. The van der Waals surface area contributed by atoms with Crippen LogP contribution in [0.3, 0.4) is 0 Å². The van der Waals surface area contributed by atoms with E-state index in [2.05, 4.69) is 9.97 Å². The van der Waals surface area contributed by atoms with Gasteiger partial charge in [-0.15, -0.1) is 0 Å². The Labute approximate surface area is 81.1 Å². The number of rotatable bonds is 1. The summed E-state index contributed by atoms with van der Waals surface area (Å²) in [5, 5.41) is 0.935. The highest BCUT2D eigenvalue weighted by atomic mass is 28.2. The molecule has 1 aromatic rings. The van der Waals surface area contributed by atoms with Crippen molar-refractivity contribution in [2.24, 2.45) is 0 Å². The molecule has 7 heteroatoms. The number of aromatic nitrogens is 2. The van der Waals surface area contributed by atoms with Crippen LogP contribution in [0.2, 0.25) is 0 Å². The van der Waals surface area contributed by atoms with Crippen LogP contribution in [-0.2, 0) is 4.79 Å². The third-order valence-electron chi connectivity index (χ3n) is 1.76. The fourth-order valence-corrected chi connectivity index (χ4v) is 2.43. The second-order valence-corrected chi connectivity index (χ2v) is 4.76. The molecule has 0 aliphatic heterocycles. The summed E-state index contributed by atoms with van der Waals surface area (Å²) in [5.74, 6) is 0.455. The van der Waals surface area contributed by atoms with Gasteiger partial charge in [0.25, 0.3) is 0 Å². The Balaban J connectivity index is 3.20. The van der Waals surface area contributed by atoms with Crippen LogP contribution in [0.4, 0.5) is 5.82 Å². The predicted octanol–water partition coefficient (Wildman–Crippen LogP) is -3.61. The van der Waals surface area contributed by atoms with E-state index in [4.69, 9.17) is 0 Å². The predicted molar refractivity (Wildman–Crippen MR) is 57.5 cm³/mol. The zero-order chi connectivity index (χ0) is 10.0. The molecular weight excluding hydrogens is 202 g/mol. The molecular formula is C6H11N3O2Si2. The number of carbonyl (C=O) groups excluding carboxylic acids is 1. The minimum Gasteiger partial charge on any atom is -0.335 e. The molecule has 0 saturated carbocycles. The topological polar surface area (TPSA) is 66.1 Å². The molecule has 1 rings (SSSR count). The van der Waals surface area contributed by atoms with E-state index < -0.39 is 5.69 Å². The Morgan fingerprint density at radius 2 is 2.31 bits per heavy atom. The van der Waals surface area contributed by atoms with Gasteiger partial charge in [0.15, 0.2) is 0 Å². The lowest BCUT2D eigenvalue weighted by atomic mass is 10.5. The summed E-state index contributed by atoms with van der Waals surface area (Å²) in [6, 6.07) is 0. The van der Waals surface area contributed by atoms with Gasteiger partial charge >= 0.3 is 5.69 Å². The maximum atomic E-state index is 11.0. The molecule has 5 nitrogen and oxygen atoms in total. The van der Waals surface area contributed by atoms with Crippen molar-refractivity contribution in [3.8, 4) is 0 Å². The van der Waals surface area contributed by atoms with Gasteiger partial charge in [0.1, 0.15) is 16.2 Å². The van der Waals surface area contributed by atoms with Gasteiger partial charge < -0.3 is 9.55 Å². The van der Waals surface area contributed by atoms with Crippen LogP contribution in [-0.4, -0.2) is 36.5 Å². The summed E-state index contributed by atoms with van der Waals surface area (Å²) in [5.41, 5.74) is -0.406. The van der Waals surface area contributed by atoms with Crippen LogP contribution in [0.5, 0.6) is 0 Å². The SMILES string of the molecule is CC(=O)N([SiH3])c1nc(=O)[nH]cc1[SiH3]. The van der Waals surface area contributed by atoms with Crippen molar-refractivity contribution < 1.29 is 4.79 Å². The van der Waals surface area contributed by atoms with Crippen LogP contribution >= 0.6 is 0 Å². The highest BCUT2D eigenvalue weighted by Crippen LogP contribution is 1.98. The van der Waals surface area contributed by atoms with E-state index in [-0.39, 0.29) is 5.91 Å². The normalized spacial score (nSPS) is 10.2. The quantitative estimate of drug-likeness (QED) is 0.490. The van der Waals surface area contributed by atoms with Gasteiger partial charge in [-0.3, -0.25) is 4.79 Å². The van der Waals surface area contributed by atoms with E-state index in [1.807, 2.05) is 0 Å². The lowest BCUT2D eigenvalue weighted by Gasteiger charge is -2.15. The summed E-state index contributed by atoms with van der Waals surface area (Å²) in [6.45, 7) is 1.47. The van der Waals surface area contributed by atoms with Crippen LogP contribution in [0, 0.1) is 0 Å². The molecule has 1 heterocycles. The number of nitrogens with one attached hydrogen (secondary N) is 1. The fourth-order valence-electron chi connectivity index (χ4n) is 0.940. The monoisotopic (exact) mass is 213 g/mol. The number of amides is 1. The highest BCUT2D eigenvalue weighted by Gasteiger charge is 2.09. The average Bonchev–Trinajstić information content (AvgIpc) is 2.08. The number of hydrogen-bond acceptors (Lipinski definition) is 3. The fraction of sp³-hybridized carbons (Fsp3) is 0.167. The van der Waals surface area contributed by atoms with Crippen LogP contribution in [0.25, 0.3) is 0 Å². The summed E-state index contributed by atoms with van der Waals surface area (Å²) >= 11 is 0. The first kappa shape index (κ1) is 9.87. The van der Waals surface area contributed by atoms with Crippen LogP contribution < -0.4 is 15.4 Å². The Morgan fingerprint density at radius 1 is 1.69 bits per heavy atom. The molecule has 1 aromatic heterocycles. The number of hydrogen-bond donors (Lipinski definition) is 1. The van der Waals surface area contributed by atoms with Crippen LogP contribution in [0.15, 0.2) is 11.0 Å². The van der Waals surface area contributed by atoms with Gasteiger partial charge in [-0.2, -0.15) is 4.98 Å². The largest absolute Gasteiger partial charge is 0.346 e. The van der Waals surface area contributed by atoms with Crippen molar-refractivity contribution in [3.05, 3.63) is 16.7 Å². The molecule has 0 spiro atoms. The van der Waals surface area contributed by atoms with Gasteiger partial charge in [0.2, 0.25) is 5.91 Å². The number of carbonyl (C=O) groups is 1. The number of anilines is 1. The van der Waals surface area contributed by atoms with Crippen molar-refractivity contribution in [2.45, 2.75) is 6.92 Å². The molecule has 0 aliphatic carbocycles. The molecule has 1 amide bonds. The van der Waals surface area contributed by atoms with Gasteiger partial charge in [-0.05, 0) is 5.19 Å². The van der Waals surface area contributed by atoms with Crippen molar-refractivity contribution in [2.75, 3.05) is 4.57 Å². The van der Waals surface area contributed by atoms with E-state index in [1.54, 1.807) is 6.20 Å². The molecule has 13 heavy (non-hydrogen) atoms. The molecule has 70 valence electrons. The first-order valence-corrected chi connectivity index (χ1v) is 5.72. The van der Waals surface area contributed by atoms with Crippen molar-refractivity contribution >= 4 is 37.6 Å². The maximum absolute atomic E-state index is 11.0. The molecule has 0 bridgehead atoms. The number of H-pyrrole nitrogens is 1. The average molecular weight is 213 g/mol. The smallest absolute Gasteiger partial charge is 0.335 e. The summed E-state index contributed by atoms with van der Waals surface area (Å²) < 4.78 is 1.51. The molecule has 0 fully saturated rings. The van der Waals surface area contributed by atoms with E-state index >= 15 is 0 Å². The molecule has 1 N–H and O–H groups in total. The maximum Gasteiger partial charge on any atom is 0.346 e. The Bertz CT molecular complexity index is 390. The standard InChI is InChI=1S/C6H11N3O2Si2/c1-3(10)9(13)5-4(12)2-7-6(11)8-5/h2H,1,12-13H3,(H,7,8,11). The van der Waals surface area contributed by atoms with Crippen molar-refractivity contribution in [1.29, 1.82) is 0 Å². The second-order valence-electron chi connectivity index (χ2n) is 2.79. The van der Waals surface area contributed by atoms with E-state index in [1.165, 1.54) is 11.5 Å². The molecule has 0 aromatic carbocycles. The Hall–Kier alpha value is -1.22. The second kappa shape index (κ2) is 3.66. The van der Waals surface area contributed by atoms with Crippen molar-refractivity contribution in [1.82, 2.24) is 9.97 Å². The summed E-state index contributed by atoms with van der Waals surface area (Å²) in [4.78, 5) is 28.2. The zero-order valence-electron chi connectivity index (χ0n) is 7.79. The minimum absolute atomic E-state index is 0.0677. The van der Waals surface area contributed by atoms with Crippen LogP contribution in [0.1, 0.15) is 6.92 Å². The number of aromatic amines is 1. The van der Waals surface area contributed by atoms with E-state index in [0.29, 0.717) is 16.2 Å². The molecule has 0 saturated heterocycles. The molecule has 0 radical (unpaired) electrons. The van der Waals surface area contributed by atoms with E-state index in [0.717, 1.165) is 15.4 Å². The molecule has 0 unspecified atom stereocenters. The lowest BCUT2D eigenvalue weighted by Crippen LogP contribution is -2.34. The lowest BCUT2D eigenvalue weighted by molar-refractivity contribution is -0.115. The van der Waals surface area contributed by atoms with Gasteiger partial charge in [0, 0.05) is 23.4 Å². The number of nitrogens with zero attached hydrogens (tertiary/aromatic N) is 2. The Morgan fingerprint density at radius 3 is 2.85 bits per heavy atom. The van der Waals surface area contributed by atoms with Gasteiger partial charge in [-0.1, -0.05) is 0 Å². The molecule has 0 aliphatic rings. The van der Waals surface area contributed by atoms with Gasteiger partial charge in [-0.25, -0.2) is 4.79 Å². The summed E-state index contributed by atoms with van der Waals surface area (Å²) in [7, 11) is 1.31. The third kappa shape index (κ3) is 2.13. The third-order valence-corrected chi connectivity index (χ3v) is 3.55. The summed E-state index contributed by atoms with van der Waals surface area (Å²) in [6.07, 6.45) is 1.62. The first-order chi connectivity index (χ1) is 6.02. The molecule has 0 atom stereocenters. The zero-order valence-corrected chi connectivity index (χ0v) is 11.8. The van der Waals surface area contributed by atoms with Gasteiger partial charge in [0.05, 0.1) is 0 Å². The van der Waals surface area contributed by atoms with E-state index in [9.17, 15) is 9.59 Å². The van der Waals surface area contributed by atoms with Crippen molar-refractivity contribution in [3.63, 3.8) is 0 Å². The Kier molecular flexibility index (Phi) is 2.78. The highest BCUT2D eigenvalue weighted by molar-refractivity contribution is 6.40. The minimum atomic E-state index is -0.406.